The van der Waals surface area contributed by atoms with Gasteiger partial charge in [-0.05, 0) is 13.0 Å². The van der Waals surface area contributed by atoms with Crippen molar-refractivity contribution in [2.75, 3.05) is 7.05 Å². The van der Waals surface area contributed by atoms with E-state index in [-0.39, 0.29) is 17.7 Å². The van der Waals surface area contributed by atoms with Gasteiger partial charge in [0, 0.05) is 25.9 Å². The van der Waals surface area contributed by atoms with Gasteiger partial charge in [0.25, 0.3) is 5.91 Å². The second-order valence-electron chi connectivity index (χ2n) is 4.58. The van der Waals surface area contributed by atoms with E-state index in [9.17, 15) is 9.90 Å². The third-order valence-electron chi connectivity index (χ3n) is 3.21. The molecule has 1 heterocycles. The van der Waals surface area contributed by atoms with Gasteiger partial charge in [-0.1, -0.05) is 18.2 Å². The van der Waals surface area contributed by atoms with E-state index in [1.165, 1.54) is 0 Å². The molecule has 19 heavy (non-hydrogen) atoms. The maximum atomic E-state index is 12.3. The Morgan fingerprint density at radius 2 is 2.11 bits per heavy atom. The molecule has 0 aliphatic carbocycles. The fourth-order valence-electron chi connectivity index (χ4n) is 1.93. The summed E-state index contributed by atoms with van der Waals surface area (Å²) >= 11 is 0. The highest BCUT2D eigenvalue weighted by atomic mass is 16.3. The molecule has 0 fully saturated rings. The highest BCUT2D eigenvalue weighted by molar-refractivity contribution is 5.92. The Labute approximate surface area is 112 Å². The number of aryl methyl sites for hydroxylation is 1. The molecule has 0 aliphatic rings. The van der Waals surface area contributed by atoms with E-state index in [1.807, 2.05) is 26.1 Å². The first-order chi connectivity index (χ1) is 9.00. The van der Waals surface area contributed by atoms with Crippen LogP contribution in [0.4, 0.5) is 0 Å². The first-order valence-electron chi connectivity index (χ1n) is 6.03. The molecule has 2 aromatic rings. The number of aromatic hydroxyl groups is 1. The lowest BCUT2D eigenvalue weighted by molar-refractivity contribution is 0.0736. The summed E-state index contributed by atoms with van der Waals surface area (Å²) in [6.07, 6.45) is 3.27. The van der Waals surface area contributed by atoms with Crippen LogP contribution in [0.3, 0.4) is 0 Å². The third kappa shape index (κ3) is 2.59. The molecule has 1 unspecified atom stereocenters. The zero-order valence-electron chi connectivity index (χ0n) is 11.2. The Bertz CT molecular complexity index is 592. The van der Waals surface area contributed by atoms with Crippen LogP contribution < -0.4 is 0 Å². The van der Waals surface area contributed by atoms with Crippen molar-refractivity contribution in [1.82, 2.24) is 14.5 Å². The van der Waals surface area contributed by atoms with Crippen molar-refractivity contribution in [3.05, 3.63) is 48.0 Å². The predicted octanol–water partition coefficient (Wildman–Crippen LogP) is 1.96. The summed E-state index contributed by atoms with van der Waals surface area (Å²) in [6.45, 7) is 1.87. The molecule has 1 N–H and O–H groups in total. The van der Waals surface area contributed by atoms with Crippen molar-refractivity contribution >= 4 is 5.91 Å². The smallest absolute Gasteiger partial charge is 0.274 e. The van der Waals surface area contributed by atoms with Crippen LogP contribution in [0.1, 0.15) is 29.0 Å². The molecule has 1 amide bonds. The molecule has 0 aliphatic heterocycles. The number of phenols is 1. The summed E-state index contributed by atoms with van der Waals surface area (Å²) in [4.78, 5) is 17.9. The van der Waals surface area contributed by atoms with E-state index in [0.29, 0.717) is 11.3 Å². The maximum Gasteiger partial charge on any atom is 0.274 e. The van der Waals surface area contributed by atoms with Crippen LogP contribution in [0, 0.1) is 0 Å². The number of amides is 1. The molecule has 2 rings (SSSR count). The molecule has 0 bridgehead atoms. The predicted molar refractivity (Wildman–Crippen MR) is 71.8 cm³/mol. The first kappa shape index (κ1) is 13.1. The Hall–Kier alpha value is -2.30. The normalized spacial score (nSPS) is 12.2. The Morgan fingerprint density at radius 1 is 1.42 bits per heavy atom. The lowest BCUT2D eigenvalue weighted by Crippen LogP contribution is -2.30. The topological polar surface area (TPSA) is 58.4 Å². The molecule has 0 saturated heterocycles. The molecule has 0 saturated carbocycles. The lowest BCUT2D eigenvalue weighted by atomic mass is 10.1. The van der Waals surface area contributed by atoms with Gasteiger partial charge in [-0.15, -0.1) is 0 Å². The van der Waals surface area contributed by atoms with E-state index in [1.54, 1.807) is 41.2 Å². The Balaban J connectivity index is 2.22. The van der Waals surface area contributed by atoms with Crippen LogP contribution in [0.15, 0.2) is 36.8 Å². The van der Waals surface area contributed by atoms with Gasteiger partial charge in [0.05, 0.1) is 12.4 Å². The van der Waals surface area contributed by atoms with Crippen molar-refractivity contribution in [3.8, 4) is 5.75 Å². The molecule has 1 aromatic carbocycles. The van der Waals surface area contributed by atoms with Gasteiger partial charge in [-0.2, -0.15) is 0 Å². The molecule has 5 heteroatoms. The molecule has 0 spiro atoms. The third-order valence-corrected chi connectivity index (χ3v) is 3.21. The summed E-state index contributed by atoms with van der Waals surface area (Å²) in [7, 11) is 3.52. The summed E-state index contributed by atoms with van der Waals surface area (Å²) in [6, 6.07) is 6.79. The number of hydrogen-bond donors (Lipinski definition) is 1. The summed E-state index contributed by atoms with van der Waals surface area (Å²) < 4.78 is 1.73. The van der Waals surface area contributed by atoms with E-state index in [4.69, 9.17) is 0 Å². The first-order valence-corrected chi connectivity index (χ1v) is 6.03. The molecule has 5 nitrogen and oxygen atoms in total. The summed E-state index contributed by atoms with van der Waals surface area (Å²) in [5.41, 5.74) is 1.11. The maximum absolute atomic E-state index is 12.3. The number of carbonyl (C=O) groups is 1. The number of rotatable bonds is 3. The minimum absolute atomic E-state index is 0.170. The average Bonchev–Trinajstić information content (AvgIpc) is 2.83. The average molecular weight is 259 g/mol. The van der Waals surface area contributed by atoms with E-state index >= 15 is 0 Å². The van der Waals surface area contributed by atoms with Gasteiger partial charge in [-0.3, -0.25) is 4.79 Å². The number of para-hydroxylation sites is 1. The largest absolute Gasteiger partial charge is 0.508 e. The van der Waals surface area contributed by atoms with Gasteiger partial charge in [0.15, 0.2) is 0 Å². The minimum Gasteiger partial charge on any atom is -0.508 e. The van der Waals surface area contributed by atoms with E-state index < -0.39 is 0 Å². The molecule has 1 aromatic heterocycles. The van der Waals surface area contributed by atoms with Gasteiger partial charge in [-0.25, -0.2) is 4.98 Å². The van der Waals surface area contributed by atoms with Crippen LogP contribution in [0.25, 0.3) is 0 Å². The quantitative estimate of drug-likeness (QED) is 0.916. The fraction of sp³-hybridized carbons (Fsp3) is 0.286. The number of phenolic OH excluding ortho intramolecular Hbond substituents is 1. The van der Waals surface area contributed by atoms with Crippen molar-refractivity contribution in [2.24, 2.45) is 7.05 Å². The second-order valence-corrected chi connectivity index (χ2v) is 4.58. The number of carbonyl (C=O) groups excluding carboxylic acids is 1. The number of imidazole rings is 1. The number of nitrogens with zero attached hydrogens (tertiary/aromatic N) is 3. The van der Waals surface area contributed by atoms with Crippen LogP contribution >= 0.6 is 0 Å². The molecular weight excluding hydrogens is 242 g/mol. The highest BCUT2D eigenvalue weighted by Crippen LogP contribution is 2.27. The minimum atomic E-state index is -0.226. The zero-order chi connectivity index (χ0) is 14.0. The second kappa shape index (κ2) is 5.14. The van der Waals surface area contributed by atoms with Gasteiger partial charge >= 0.3 is 0 Å². The van der Waals surface area contributed by atoms with Gasteiger partial charge in [0.1, 0.15) is 11.4 Å². The van der Waals surface area contributed by atoms with Crippen molar-refractivity contribution < 1.29 is 9.90 Å². The van der Waals surface area contributed by atoms with E-state index in [2.05, 4.69) is 4.98 Å². The number of aromatic nitrogens is 2. The molecule has 1 atom stereocenters. The Morgan fingerprint density at radius 3 is 2.68 bits per heavy atom. The lowest BCUT2D eigenvalue weighted by Gasteiger charge is -2.25. The summed E-state index contributed by atoms with van der Waals surface area (Å²) in [5, 5.41) is 9.83. The zero-order valence-corrected chi connectivity index (χ0v) is 11.2. The van der Waals surface area contributed by atoms with Gasteiger partial charge < -0.3 is 14.6 Å². The number of hydrogen-bond acceptors (Lipinski definition) is 3. The molecule has 100 valence electrons. The fourth-order valence-corrected chi connectivity index (χ4v) is 1.93. The van der Waals surface area contributed by atoms with Crippen molar-refractivity contribution in [3.63, 3.8) is 0 Å². The monoisotopic (exact) mass is 259 g/mol. The van der Waals surface area contributed by atoms with Crippen LogP contribution in [-0.2, 0) is 7.05 Å². The number of benzene rings is 1. The van der Waals surface area contributed by atoms with Crippen LogP contribution in [0.2, 0.25) is 0 Å². The Kier molecular flexibility index (Phi) is 3.55. The van der Waals surface area contributed by atoms with E-state index in [0.717, 1.165) is 0 Å². The molecular formula is C14H17N3O2. The SMILES string of the molecule is CC(c1ccccc1O)N(C)C(=O)c1cn(C)cn1. The van der Waals surface area contributed by atoms with Crippen molar-refractivity contribution in [2.45, 2.75) is 13.0 Å². The molecule has 0 radical (unpaired) electrons. The standard InChI is InChI=1S/C14H17N3O2/c1-10(11-6-4-5-7-13(11)18)17(3)14(19)12-8-16(2)9-15-12/h4-10,18H,1-3H3. The highest BCUT2D eigenvalue weighted by Gasteiger charge is 2.22. The van der Waals surface area contributed by atoms with Crippen LogP contribution in [-0.4, -0.2) is 32.5 Å². The van der Waals surface area contributed by atoms with Crippen LogP contribution in [0.5, 0.6) is 5.75 Å². The van der Waals surface area contributed by atoms with Crippen molar-refractivity contribution in [1.29, 1.82) is 0 Å². The summed E-state index contributed by atoms with van der Waals surface area (Å²) in [5.74, 6) is 0.0204. The van der Waals surface area contributed by atoms with Gasteiger partial charge in [0.2, 0.25) is 0 Å².